The van der Waals surface area contributed by atoms with Gasteiger partial charge in [0.15, 0.2) is 0 Å². The van der Waals surface area contributed by atoms with Gasteiger partial charge in [-0.05, 0) is 32.6 Å². The highest BCUT2D eigenvalue weighted by Gasteiger charge is 2.27. The highest BCUT2D eigenvalue weighted by atomic mass is 16.1. The maximum Gasteiger partial charge on any atom is 0.254 e. The van der Waals surface area contributed by atoms with Gasteiger partial charge in [0.1, 0.15) is 11.6 Å². The Morgan fingerprint density at radius 1 is 1.24 bits per heavy atom. The molecule has 2 aromatic rings. The molecular weight excluding hydrogens is 316 g/mol. The summed E-state index contributed by atoms with van der Waals surface area (Å²) in [4.78, 5) is 23.5. The number of amides is 1. The Hall–Kier alpha value is -2.44. The molecule has 0 spiro atoms. The molecule has 0 radical (unpaired) electrons. The molecule has 1 saturated heterocycles. The topological polar surface area (TPSA) is 75.9 Å². The van der Waals surface area contributed by atoms with E-state index in [4.69, 9.17) is 0 Å². The minimum atomic E-state index is -0.0876. The number of piperidine rings is 1. The van der Waals surface area contributed by atoms with E-state index in [2.05, 4.69) is 31.3 Å². The lowest BCUT2D eigenvalue weighted by atomic mass is 10.1. The summed E-state index contributed by atoms with van der Waals surface area (Å²) < 4.78 is 1.91. The lowest BCUT2D eigenvalue weighted by molar-refractivity contribution is 0.0932. The molecule has 1 unspecified atom stereocenters. The van der Waals surface area contributed by atoms with Crippen LogP contribution in [0.5, 0.6) is 0 Å². The molecule has 2 aromatic heterocycles. The second kappa shape index (κ2) is 6.46. The van der Waals surface area contributed by atoms with E-state index in [9.17, 15) is 4.79 Å². The van der Waals surface area contributed by atoms with Crippen LogP contribution in [0, 0.1) is 6.92 Å². The van der Waals surface area contributed by atoms with E-state index < -0.39 is 0 Å². The van der Waals surface area contributed by atoms with Crippen LogP contribution in [-0.4, -0.2) is 44.8 Å². The van der Waals surface area contributed by atoms with Gasteiger partial charge in [-0.15, -0.1) is 0 Å². The first-order valence-electron chi connectivity index (χ1n) is 8.98. The summed E-state index contributed by atoms with van der Waals surface area (Å²) in [6.07, 6.45) is 7.67. The van der Waals surface area contributed by atoms with Crippen molar-refractivity contribution in [2.45, 2.75) is 44.6 Å². The largest absolute Gasteiger partial charge is 0.355 e. The lowest BCUT2D eigenvalue weighted by Gasteiger charge is -2.34. The molecule has 2 aliphatic rings. The van der Waals surface area contributed by atoms with Gasteiger partial charge in [0.05, 0.1) is 11.3 Å². The predicted molar refractivity (Wildman–Crippen MR) is 94.7 cm³/mol. The second-order valence-electron chi connectivity index (χ2n) is 7.13. The molecule has 1 N–H and O–H groups in total. The Bertz CT molecular complexity index is 764. The Kier molecular flexibility index (Phi) is 4.15. The van der Waals surface area contributed by atoms with Gasteiger partial charge in [0.2, 0.25) is 0 Å². The normalized spacial score (nSPS) is 20.6. The molecule has 1 atom stereocenters. The van der Waals surface area contributed by atoms with Crippen LogP contribution in [-0.2, 0) is 7.05 Å². The predicted octanol–water partition coefficient (Wildman–Crippen LogP) is 1.79. The number of hydrogen-bond donors (Lipinski definition) is 1. The molecule has 2 fully saturated rings. The highest BCUT2D eigenvalue weighted by molar-refractivity contribution is 5.93. The maximum absolute atomic E-state index is 12.5. The summed E-state index contributed by atoms with van der Waals surface area (Å²) in [7, 11) is 1.96. The van der Waals surface area contributed by atoms with Gasteiger partial charge >= 0.3 is 0 Å². The fourth-order valence-electron chi connectivity index (χ4n) is 3.47. The number of hydrogen-bond acceptors (Lipinski definition) is 5. The number of aromatic nitrogens is 4. The lowest BCUT2D eigenvalue weighted by Crippen LogP contribution is -2.48. The monoisotopic (exact) mass is 340 g/mol. The van der Waals surface area contributed by atoms with Crippen molar-refractivity contribution in [3.63, 3.8) is 0 Å². The van der Waals surface area contributed by atoms with Crippen molar-refractivity contribution in [2.24, 2.45) is 7.05 Å². The first-order valence-corrected chi connectivity index (χ1v) is 8.98. The Morgan fingerprint density at radius 2 is 2.00 bits per heavy atom. The zero-order chi connectivity index (χ0) is 17.4. The minimum Gasteiger partial charge on any atom is -0.355 e. The molecule has 1 saturated carbocycles. The molecule has 1 aliphatic heterocycles. The van der Waals surface area contributed by atoms with Gasteiger partial charge in [-0.1, -0.05) is 0 Å². The number of carbonyl (C=O) groups excluding carboxylic acids is 1. The quantitative estimate of drug-likeness (QED) is 0.918. The molecule has 1 amide bonds. The van der Waals surface area contributed by atoms with Crippen molar-refractivity contribution < 1.29 is 4.79 Å². The molecule has 132 valence electrons. The molecule has 0 aromatic carbocycles. The van der Waals surface area contributed by atoms with Crippen molar-refractivity contribution in [2.75, 3.05) is 18.0 Å². The van der Waals surface area contributed by atoms with Crippen molar-refractivity contribution in [3.05, 3.63) is 35.5 Å². The number of nitrogens with zero attached hydrogens (tertiary/aromatic N) is 5. The first kappa shape index (κ1) is 16.1. The Labute approximate surface area is 147 Å². The molecule has 7 heteroatoms. The molecule has 1 aliphatic carbocycles. The van der Waals surface area contributed by atoms with E-state index in [0.717, 1.165) is 56.1 Å². The summed E-state index contributed by atoms with van der Waals surface area (Å²) in [6, 6.07) is 2.22. The number of carbonyl (C=O) groups is 1. The van der Waals surface area contributed by atoms with Crippen LogP contribution in [0.1, 0.15) is 53.5 Å². The van der Waals surface area contributed by atoms with Crippen LogP contribution in [0.4, 0.5) is 5.82 Å². The third-order valence-electron chi connectivity index (χ3n) is 4.93. The third kappa shape index (κ3) is 3.50. The van der Waals surface area contributed by atoms with Crippen LogP contribution in [0.3, 0.4) is 0 Å². The Morgan fingerprint density at radius 3 is 2.64 bits per heavy atom. The summed E-state index contributed by atoms with van der Waals surface area (Å²) in [6.45, 7) is 3.79. The van der Waals surface area contributed by atoms with Crippen LogP contribution >= 0.6 is 0 Å². The van der Waals surface area contributed by atoms with E-state index in [1.807, 2.05) is 18.7 Å². The molecule has 4 rings (SSSR count). The van der Waals surface area contributed by atoms with E-state index in [0.29, 0.717) is 11.5 Å². The summed E-state index contributed by atoms with van der Waals surface area (Å²) >= 11 is 0. The van der Waals surface area contributed by atoms with Crippen LogP contribution in [0.2, 0.25) is 0 Å². The summed E-state index contributed by atoms with van der Waals surface area (Å²) in [5.41, 5.74) is 1.55. The highest BCUT2D eigenvalue weighted by Crippen LogP contribution is 2.37. The average Bonchev–Trinajstić information content (AvgIpc) is 3.40. The van der Waals surface area contributed by atoms with E-state index in [-0.39, 0.29) is 11.9 Å². The van der Waals surface area contributed by atoms with Crippen molar-refractivity contribution >= 4 is 11.7 Å². The van der Waals surface area contributed by atoms with Gasteiger partial charge in [-0.3, -0.25) is 9.48 Å². The third-order valence-corrected chi connectivity index (χ3v) is 4.93. The minimum absolute atomic E-state index is 0.0876. The van der Waals surface area contributed by atoms with Crippen molar-refractivity contribution in [1.82, 2.24) is 25.1 Å². The van der Waals surface area contributed by atoms with Crippen LogP contribution < -0.4 is 10.2 Å². The fraction of sp³-hybridized carbons (Fsp3) is 0.556. The number of nitrogens with one attached hydrogen (secondary N) is 1. The van der Waals surface area contributed by atoms with Gasteiger partial charge in [0, 0.05) is 50.6 Å². The molecular formula is C18H24N6O. The maximum atomic E-state index is 12.5. The number of anilines is 1. The SMILES string of the molecule is Cc1cc(N2CCCC(NC(=O)c3cnc(C4CC4)nc3)C2)n(C)n1. The second-order valence-corrected chi connectivity index (χ2v) is 7.13. The molecule has 3 heterocycles. The van der Waals surface area contributed by atoms with E-state index in [1.165, 1.54) is 0 Å². The zero-order valence-corrected chi connectivity index (χ0v) is 14.8. The molecule has 7 nitrogen and oxygen atoms in total. The summed E-state index contributed by atoms with van der Waals surface area (Å²) in [5.74, 6) is 2.39. The first-order chi connectivity index (χ1) is 12.1. The fourth-order valence-corrected chi connectivity index (χ4v) is 3.47. The van der Waals surface area contributed by atoms with Gasteiger partial charge in [-0.25, -0.2) is 9.97 Å². The zero-order valence-electron chi connectivity index (χ0n) is 14.8. The van der Waals surface area contributed by atoms with Crippen LogP contribution in [0.25, 0.3) is 0 Å². The van der Waals surface area contributed by atoms with Crippen LogP contribution in [0.15, 0.2) is 18.5 Å². The molecule has 25 heavy (non-hydrogen) atoms. The van der Waals surface area contributed by atoms with Gasteiger partial charge in [-0.2, -0.15) is 5.10 Å². The van der Waals surface area contributed by atoms with Gasteiger partial charge in [0.25, 0.3) is 5.91 Å². The average molecular weight is 340 g/mol. The smallest absolute Gasteiger partial charge is 0.254 e. The summed E-state index contributed by atoms with van der Waals surface area (Å²) in [5, 5.41) is 7.55. The molecule has 0 bridgehead atoms. The number of aryl methyl sites for hydroxylation is 2. The standard InChI is InChI=1S/C18H24N6O/c1-12-8-16(23(2)22-12)24-7-3-4-15(11-24)21-18(25)14-9-19-17(20-10-14)13-5-6-13/h8-10,13,15H,3-7,11H2,1-2H3,(H,21,25). The number of rotatable bonds is 4. The van der Waals surface area contributed by atoms with Gasteiger partial charge < -0.3 is 10.2 Å². The van der Waals surface area contributed by atoms with E-state index >= 15 is 0 Å². The van der Waals surface area contributed by atoms with E-state index in [1.54, 1.807) is 12.4 Å². The van der Waals surface area contributed by atoms with Crippen molar-refractivity contribution in [1.29, 1.82) is 0 Å². The van der Waals surface area contributed by atoms with Crippen molar-refractivity contribution in [3.8, 4) is 0 Å². The Balaban J connectivity index is 1.39.